The van der Waals surface area contributed by atoms with E-state index in [0.717, 1.165) is 18.4 Å². The summed E-state index contributed by atoms with van der Waals surface area (Å²) in [6, 6.07) is 8.19. The second kappa shape index (κ2) is 5.36. The minimum atomic E-state index is -0.472. The molecule has 1 aromatic carbocycles. The number of rotatable bonds is 4. The van der Waals surface area contributed by atoms with E-state index in [0.29, 0.717) is 12.3 Å². The molecule has 2 aliphatic rings. The van der Waals surface area contributed by atoms with Crippen LogP contribution in [0.4, 0.5) is 0 Å². The summed E-state index contributed by atoms with van der Waals surface area (Å²) in [5, 5.41) is 13.2. The molecule has 0 saturated carbocycles. The fourth-order valence-corrected chi connectivity index (χ4v) is 3.87. The minimum absolute atomic E-state index is 0.257. The Morgan fingerprint density at radius 3 is 2.73 bits per heavy atom. The molecule has 3 rings (SSSR count). The van der Waals surface area contributed by atoms with Crippen molar-refractivity contribution in [1.82, 2.24) is 0 Å². The predicted molar refractivity (Wildman–Crippen MR) is 85.3 cm³/mol. The molecule has 2 aliphatic heterocycles. The largest absolute Gasteiger partial charge is 0.411 e. The molecule has 0 unspecified atom stereocenters. The molecule has 1 N–H and O–H groups in total. The fraction of sp³-hybridized carbons (Fsp3) is 0.611. The van der Waals surface area contributed by atoms with Gasteiger partial charge in [-0.3, -0.25) is 0 Å². The van der Waals surface area contributed by atoms with Gasteiger partial charge in [0.1, 0.15) is 17.4 Å². The van der Waals surface area contributed by atoms with Crippen LogP contribution in [0, 0.1) is 12.8 Å². The Hall–Kier alpha value is -1.39. The molecule has 0 radical (unpaired) electrons. The molecular weight excluding hydrogens is 278 g/mol. The highest BCUT2D eigenvalue weighted by molar-refractivity contribution is 6.00. The highest BCUT2D eigenvalue weighted by Crippen LogP contribution is 2.53. The van der Waals surface area contributed by atoms with Crippen molar-refractivity contribution < 1.29 is 14.7 Å². The van der Waals surface area contributed by atoms with Crippen molar-refractivity contribution in [1.29, 1.82) is 0 Å². The summed E-state index contributed by atoms with van der Waals surface area (Å²) < 4.78 is 12.5. The number of nitrogens with zero attached hydrogens (tertiary/aromatic N) is 1. The second-order valence-corrected chi connectivity index (χ2v) is 7.06. The Balaban J connectivity index is 1.84. The molecule has 22 heavy (non-hydrogen) atoms. The maximum Gasteiger partial charge on any atom is 0.131 e. The normalized spacial score (nSPS) is 35.7. The average molecular weight is 303 g/mol. The lowest BCUT2D eigenvalue weighted by Gasteiger charge is -2.32. The lowest BCUT2D eigenvalue weighted by molar-refractivity contribution is -0.0959. The maximum atomic E-state index is 9.57. The SMILES string of the molecule is Cc1ccccc1CO[C@@H]1/C(=N\O)[C@@]2(C(C)C)CC[C@]1(C)O2. The summed E-state index contributed by atoms with van der Waals surface area (Å²) in [7, 11) is 0. The third-order valence-corrected chi connectivity index (χ3v) is 5.35. The molecule has 2 saturated heterocycles. The van der Waals surface area contributed by atoms with Gasteiger partial charge in [-0.2, -0.15) is 0 Å². The van der Waals surface area contributed by atoms with E-state index in [1.54, 1.807) is 0 Å². The van der Waals surface area contributed by atoms with Crippen molar-refractivity contribution in [2.45, 2.75) is 64.4 Å². The molecule has 3 atom stereocenters. The van der Waals surface area contributed by atoms with E-state index >= 15 is 0 Å². The Bertz CT molecular complexity index is 598. The van der Waals surface area contributed by atoms with Gasteiger partial charge in [0.05, 0.1) is 12.2 Å². The number of ether oxygens (including phenoxy) is 2. The monoisotopic (exact) mass is 303 g/mol. The van der Waals surface area contributed by atoms with Crippen molar-refractivity contribution in [3.63, 3.8) is 0 Å². The Morgan fingerprint density at radius 2 is 2.09 bits per heavy atom. The van der Waals surface area contributed by atoms with E-state index in [1.807, 2.05) is 12.1 Å². The molecule has 0 amide bonds. The van der Waals surface area contributed by atoms with E-state index in [1.165, 1.54) is 5.56 Å². The van der Waals surface area contributed by atoms with Gasteiger partial charge < -0.3 is 14.7 Å². The quantitative estimate of drug-likeness (QED) is 0.682. The van der Waals surface area contributed by atoms with Gasteiger partial charge in [-0.05, 0) is 43.7 Å². The van der Waals surface area contributed by atoms with Gasteiger partial charge in [0.25, 0.3) is 0 Å². The molecular formula is C18H25NO3. The van der Waals surface area contributed by atoms with Crippen LogP contribution in [0.2, 0.25) is 0 Å². The summed E-state index contributed by atoms with van der Waals surface area (Å²) in [5.41, 5.74) is 2.15. The average Bonchev–Trinajstić information content (AvgIpc) is 2.96. The molecule has 120 valence electrons. The number of benzene rings is 1. The highest BCUT2D eigenvalue weighted by atomic mass is 16.6. The zero-order chi connectivity index (χ0) is 16.0. The van der Waals surface area contributed by atoms with Crippen LogP contribution in [0.1, 0.15) is 44.7 Å². The van der Waals surface area contributed by atoms with Gasteiger partial charge in [-0.25, -0.2) is 0 Å². The van der Waals surface area contributed by atoms with E-state index in [4.69, 9.17) is 9.47 Å². The lowest BCUT2D eigenvalue weighted by atomic mass is 9.74. The van der Waals surface area contributed by atoms with Crippen LogP contribution < -0.4 is 0 Å². The number of fused-ring (bicyclic) bond motifs is 2. The molecule has 2 heterocycles. The van der Waals surface area contributed by atoms with Crippen LogP contribution in [0.3, 0.4) is 0 Å². The standard InChI is InChI=1S/C18H25NO3/c1-12(2)18-10-9-17(4,22-18)16(15(18)19-20)21-11-14-8-6-5-7-13(14)3/h5-8,12,16,20H,9-11H2,1-4H3/b19-15+/t16-,17+,18+/m1/s1. The molecule has 2 fully saturated rings. The van der Waals surface area contributed by atoms with Crippen molar-refractivity contribution in [2.24, 2.45) is 11.1 Å². The molecule has 1 aromatic rings. The van der Waals surface area contributed by atoms with Gasteiger partial charge in [-0.15, -0.1) is 0 Å². The van der Waals surface area contributed by atoms with Crippen LogP contribution in [0.15, 0.2) is 29.4 Å². The van der Waals surface area contributed by atoms with E-state index in [9.17, 15) is 5.21 Å². The van der Waals surface area contributed by atoms with E-state index < -0.39 is 11.2 Å². The van der Waals surface area contributed by atoms with Crippen molar-refractivity contribution in [3.8, 4) is 0 Å². The van der Waals surface area contributed by atoms with Crippen molar-refractivity contribution >= 4 is 5.71 Å². The first-order chi connectivity index (χ1) is 10.4. The highest BCUT2D eigenvalue weighted by Gasteiger charge is 2.65. The molecule has 0 aromatic heterocycles. The summed E-state index contributed by atoms with van der Waals surface area (Å²) in [6.45, 7) is 8.87. The van der Waals surface area contributed by atoms with E-state index in [-0.39, 0.29) is 12.0 Å². The Morgan fingerprint density at radius 1 is 1.36 bits per heavy atom. The van der Waals surface area contributed by atoms with Gasteiger partial charge in [0.15, 0.2) is 0 Å². The number of hydrogen-bond donors (Lipinski definition) is 1. The second-order valence-electron chi connectivity index (χ2n) is 7.06. The molecule has 0 spiro atoms. The van der Waals surface area contributed by atoms with Gasteiger partial charge >= 0.3 is 0 Å². The van der Waals surface area contributed by atoms with Crippen LogP contribution in [0.25, 0.3) is 0 Å². The zero-order valence-electron chi connectivity index (χ0n) is 13.8. The first-order valence-electron chi connectivity index (χ1n) is 8.01. The van der Waals surface area contributed by atoms with Gasteiger partial charge in [-0.1, -0.05) is 43.3 Å². The molecule has 2 bridgehead atoms. The smallest absolute Gasteiger partial charge is 0.131 e. The lowest BCUT2D eigenvalue weighted by Crippen LogP contribution is -2.48. The van der Waals surface area contributed by atoms with E-state index in [2.05, 4.69) is 45.0 Å². The third kappa shape index (κ3) is 2.17. The fourth-order valence-electron chi connectivity index (χ4n) is 3.87. The van der Waals surface area contributed by atoms with Crippen molar-refractivity contribution in [2.75, 3.05) is 0 Å². The number of oxime groups is 1. The number of aryl methyl sites for hydroxylation is 1. The zero-order valence-corrected chi connectivity index (χ0v) is 13.8. The molecule has 4 heteroatoms. The van der Waals surface area contributed by atoms with Gasteiger partial charge in [0.2, 0.25) is 0 Å². The first-order valence-corrected chi connectivity index (χ1v) is 8.01. The third-order valence-electron chi connectivity index (χ3n) is 5.35. The summed E-state index contributed by atoms with van der Waals surface area (Å²) in [6.07, 6.45) is 1.54. The van der Waals surface area contributed by atoms with Crippen molar-refractivity contribution in [3.05, 3.63) is 35.4 Å². The topological polar surface area (TPSA) is 51.0 Å². The van der Waals surface area contributed by atoms with Crippen LogP contribution in [-0.2, 0) is 16.1 Å². The summed E-state index contributed by atoms with van der Waals surface area (Å²) in [5.74, 6) is 0.257. The Kier molecular flexibility index (Phi) is 3.77. The van der Waals surface area contributed by atoms with Crippen LogP contribution in [0.5, 0.6) is 0 Å². The van der Waals surface area contributed by atoms with Crippen LogP contribution in [-0.4, -0.2) is 28.2 Å². The maximum absolute atomic E-state index is 9.57. The minimum Gasteiger partial charge on any atom is -0.411 e. The van der Waals surface area contributed by atoms with Crippen LogP contribution >= 0.6 is 0 Å². The molecule has 4 nitrogen and oxygen atoms in total. The first kappa shape index (κ1) is 15.5. The predicted octanol–water partition coefficient (Wildman–Crippen LogP) is 3.69. The summed E-state index contributed by atoms with van der Waals surface area (Å²) >= 11 is 0. The molecule has 0 aliphatic carbocycles. The number of hydrogen-bond acceptors (Lipinski definition) is 4. The van der Waals surface area contributed by atoms with Gasteiger partial charge in [0, 0.05) is 0 Å². The summed E-state index contributed by atoms with van der Waals surface area (Å²) in [4.78, 5) is 0. The Labute approximate surface area is 132 Å².